The van der Waals surface area contributed by atoms with Crippen LogP contribution < -0.4 is 11.1 Å². The molecule has 36 heavy (non-hydrogen) atoms. The summed E-state index contributed by atoms with van der Waals surface area (Å²) < 4.78 is 5.64. The van der Waals surface area contributed by atoms with Crippen LogP contribution in [-0.2, 0) is 9.53 Å². The standard InChI is InChI=1S/C27H31N7O2/c1-2-29-24(19-14-18-9-11-30-27(18)32-16-19)25-26(28)31-17-22-7-3-4-12-36-13-10-23(35)33-20-6-5-8-21(15-20)34(22)25/h3,7,9,11,14,16-17,20-21H,1,4-6,8,10,12-13,15H2,(H2,28,31)(H,30,32)(H,33,35)/b7-3+,25-24-/t20-,21-/m1/s1. The first-order valence-corrected chi connectivity index (χ1v) is 12.4. The van der Waals surface area contributed by atoms with Crippen LogP contribution in [0.1, 0.15) is 44.1 Å². The van der Waals surface area contributed by atoms with Gasteiger partial charge in [-0.1, -0.05) is 6.08 Å². The third kappa shape index (κ3) is 5.03. The maximum Gasteiger partial charge on any atom is 0.222 e. The molecule has 9 heteroatoms. The second-order valence-corrected chi connectivity index (χ2v) is 9.18. The SMILES string of the molecule is C=C=N/C(=C1/C(N)=NC=C2/C=C/CCOCCC(=O)N[C@@H]3CCC[C@H](C3)N21)c1cnc2[nH]ccc2c1. The maximum absolute atomic E-state index is 12.5. The van der Waals surface area contributed by atoms with Crippen LogP contribution in [0.25, 0.3) is 16.7 Å². The van der Waals surface area contributed by atoms with E-state index in [1.165, 1.54) is 0 Å². The number of aromatic nitrogens is 2. The summed E-state index contributed by atoms with van der Waals surface area (Å²) >= 11 is 0. The molecule has 2 aromatic rings. The fraction of sp³-hybridized carbons (Fsp3) is 0.370. The van der Waals surface area contributed by atoms with Gasteiger partial charge in [0, 0.05) is 41.8 Å². The highest BCUT2D eigenvalue weighted by molar-refractivity contribution is 6.05. The lowest BCUT2D eigenvalue weighted by Gasteiger charge is -2.42. The molecule has 2 aromatic heterocycles. The molecule has 0 aromatic carbocycles. The Morgan fingerprint density at radius 3 is 3.14 bits per heavy atom. The fourth-order valence-corrected chi connectivity index (χ4v) is 5.12. The van der Waals surface area contributed by atoms with Gasteiger partial charge in [-0.05, 0) is 62.8 Å². The third-order valence-electron chi connectivity index (χ3n) is 6.75. The van der Waals surface area contributed by atoms with Crippen molar-refractivity contribution in [2.75, 3.05) is 13.2 Å². The number of nitrogens with zero attached hydrogens (tertiary/aromatic N) is 4. The van der Waals surface area contributed by atoms with Crippen molar-refractivity contribution in [3.63, 3.8) is 0 Å². The summed E-state index contributed by atoms with van der Waals surface area (Å²) in [7, 11) is 0. The van der Waals surface area contributed by atoms with Crippen LogP contribution >= 0.6 is 0 Å². The van der Waals surface area contributed by atoms with Gasteiger partial charge in [0.25, 0.3) is 0 Å². The summed E-state index contributed by atoms with van der Waals surface area (Å²) in [5, 5.41) is 4.17. The van der Waals surface area contributed by atoms with E-state index < -0.39 is 0 Å². The van der Waals surface area contributed by atoms with Gasteiger partial charge in [0.1, 0.15) is 22.9 Å². The van der Waals surface area contributed by atoms with Gasteiger partial charge in [0.15, 0.2) is 0 Å². The van der Waals surface area contributed by atoms with Gasteiger partial charge in [-0.2, -0.15) is 0 Å². The van der Waals surface area contributed by atoms with E-state index in [9.17, 15) is 4.79 Å². The van der Waals surface area contributed by atoms with E-state index in [4.69, 9.17) is 10.5 Å². The number of nitrogens with two attached hydrogens (primary N) is 1. The quantitative estimate of drug-likeness (QED) is 0.563. The molecule has 1 aliphatic carbocycles. The first-order chi connectivity index (χ1) is 17.6. The van der Waals surface area contributed by atoms with Crippen molar-refractivity contribution in [1.29, 1.82) is 0 Å². The normalized spacial score (nSPS) is 25.4. The van der Waals surface area contributed by atoms with Crippen LogP contribution in [0.15, 0.2) is 70.8 Å². The molecule has 9 nitrogen and oxygen atoms in total. The van der Waals surface area contributed by atoms with E-state index in [0.29, 0.717) is 36.9 Å². The Labute approximate surface area is 210 Å². The highest BCUT2D eigenvalue weighted by Gasteiger charge is 2.34. The van der Waals surface area contributed by atoms with E-state index >= 15 is 0 Å². The number of hydrogen-bond acceptors (Lipinski definition) is 7. The van der Waals surface area contributed by atoms with Gasteiger partial charge < -0.3 is 25.7 Å². The lowest BCUT2D eigenvalue weighted by molar-refractivity contribution is -0.123. The largest absolute Gasteiger partial charge is 0.382 e. The lowest BCUT2D eigenvalue weighted by Crippen LogP contribution is -2.48. The van der Waals surface area contributed by atoms with Crippen molar-refractivity contribution in [3.05, 3.63) is 66.4 Å². The van der Waals surface area contributed by atoms with Crippen LogP contribution in [0.3, 0.4) is 0 Å². The molecular formula is C27H31N7O2. The maximum atomic E-state index is 12.5. The van der Waals surface area contributed by atoms with E-state index in [2.05, 4.69) is 54.8 Å². The molecule has 2 atom stereocenters. The van der Waals surface area contributed by atoms with Gasteiger partial charge in [-0.15, -0.1) is 0 Å². The Hall–Kier alpha value is -3.94. The Bertz CT molecular complexity index is 1310. The molecule has 1 saturated carbocycles. The number of pyridine rings is 1. The molecule has 0 radical (unpaired) electrons. The fourth-order valence-electron chi connectivity index (χ4n) is 5.12. The Balaban J connectivity index is 1.63. The number of fused-ring (bicyclic) bond motifs is 5. The number of amidine groups is 1. The minimum Gasteiger partial charge on any atom is -0.382 e. The van der Waals surface area contributed by atoms with Crippen molar-refractivity contribution in [3.8, 4) is 0 Å². The third-order valence-corrected chi connectivity index (χ3v) is 6.75. The number of nitrogens with one attached hydrogen (secondary N) is 2. The average molecular weight is 486 g/mol. The van der Waals surface area contributed by atoms with E-state index in [1.54, 1.807) is 12.4 Å². The van der Waals surface area contributed by atoms with E-state index in [-0.39, 0.29) is 18.0 Å². The predicted octanol–water partition coefficient (Wildman–Crippen LogP) is 3.40. The minimum absolute atomic E-state index is 0.0299. The molecule has 2 aliphatic heterocycles. The number of aromatic amines is 1. The summed E-state index contributed by atoms with van der Waals surface area (Å²) in [5.74, 6) is 3.10. The molecule has 3 aliphatic rings. The van der Waals surface area contributed by atoms with Crippen LogP contribution in [0, 0.1) is 0 Å². The number of carbonyl (C=O) groups is 1. The van der Waals surface area contributed by atoms with Gasteiger partial charge in [0.05, 0.1) is 25.1 Å². The van der Waals surface area contributed by atoms with Crippen LogP contribution in [0.4, 0.5) is 0 Å². The zero-order valence-corrected chi connectivity index (χ0v) is 20.2. The number of carbonyl (C=O) groups excluding carboxylic acids is 1. The van der Waals surface area contributed by atoms with Crippen molar-refractivity contribution < 1.29 is 9.53 Å². The molecule has 0 unspecified atom stereocenters. The summed E-state index contributed by atoms with van der Waals surface area (Å²) in [6.07, 6.45) is 14.3. The molecule has 4 N–H and O–H groups in total. The second-order valence-electron chi connectivity index (χ2n) is 9.18. The Morgan fingerprint density at radius 2 is 2.25 bits per heavy atom. The topological polar surface area (TPSA) is 121 Å². The van der Waals surface area contributed by atoms with Crippen molar-refractivity contribution in [2.45, 2.75) is 50.6 Å². The molecule has 2 bridgehead atoms. The Kier molecular flexibility index (Phi) is 7.11. The van der Waals surface area contributed by atoms with Crippen LogP contribution in [0.2, 0.25) is 0 Å². The number of allylic oxidation sites excluding steroid dienone is 1. The van der Waals surface area contributed by atoms with Gasteiger partial charge in [0.2, 0.25) is 5.91 Å². The molecular weight excluding hydrogens is 454 g/mol. The molecule has 0 saturated heterocycles. The van der Waals surface area contributed by atoms with E-state index in [1.807, 2.05) is 18.3 Å². The zero-order chi connectivity index (χ0) is 24.9. The van der Waals surface area contributed by atoms with Crippen LogP contribution in [-0.4, -0.2) is 57.8 Å². The summed E-state index contributed by atoms with van der Waals surface area (Å²) in [6, 6.07) is 4.17. The average Bonchev–Trinajstić information content (AvgIpc) is 3.35. The lowest BCUT2D eigenvalue weighted by atomic mass is 9.88. The molecule has 1 fully saturated rings. The molecule has 0 spiro atoms. The highest BCUT2D eigenvalue weighted by Crippen LogP contribution is 2.36. The zero-order valence-electron chi connectivity index (χ0n) is 20.2. The summed E-state index contributed by atoms with van der Waals surface area (Å²) in [6.45, 7) is 4.71. The highest BCUT2D eigenvalue weighted by atomic mass is 16.5. The monoisotopic (exact) mass is 485 g/mol. The van der Waals surface area contributed by atoms with E-state index in [0.717, 1.165) is 54.4 Å². The number of aliphatic imine (C=N–C) groups is 2. The van der Waals surface area contributed by atoms with Crippen LogP contribution in [0.5, 0.6) is 0 Å². The predicted molar refractivity (Wildman–Crippen MR) is 141 cm³/mol. The summed E-state index contributed by atoms with van der Waals surface area (Å²) in [4.78, 5) is 31.5. The Morgan fingerprint density at radius 1 is 1.33 bits per heavy atom. The number of rotatable bonds is 2. The summed E-state index contributed by atoms with van der Waals surface area (Å²) in [5.41, 5.74) is 10.4. The van der Waals surface area contributed by atoms with Gasteiger partial charge in [-0.25, -0.2) is 15.0 Å². The number of ether oxygens (including phenoxy) is 1. The second kappa shape index (κ2) is 10.8. The molecule has 1 amide bonds. The number of amides is 1. The molecule has 4 heterocycles. The van der Waals surface area contributed by atoms with Crippen molar-refractivity contribution >= 4 is 34.3 Å². The van der Waals surface area contributed by atoms with Gasteiger partial charge in [-0.3, -0.25) is 4.79 Å². The molecule has 5 rings (SSSR count). The smallest absolute Gasteiger partial charge is 0.222 e. The van der Waals surface area contributed by atoms with Crippen molar-refractivity contribution in [1.82, 2.24) is 20.2 Å². The first-order valence-electron chi connectivity index (χ1n) is 12.4. The number of H-pyrrole nitrogens is 1. The first kappa shape index (κ1) is 23.8. The minimum atomic E-state index is 0.0299. The van der Waals surface area contributed by atoms with Gasteiger partial charge >= 0.3 is 0 Å². The molecule has 186 valence electrons. The van der Waals surface area contributed by atoms with Crippen molar-refractivity contribution in [2.24, 2.45) is 15.7 Å². The number of hydrogen-bond donors (Lipinski definition) is 3.